The topological polar surface area (TPSA) is 38.3 Å². The van der Waals surface area contributed by atoms with Crippen molar-refractivity contribution in [1.29, 1.82) is 0 Å². The first-order valence-corrected chi connectivity index (χ1v) is 7.17. The number of anilines is 1. The average Bonchev–Trinajstić information content (AvgIpc) is 2.48. The van der Waals surface area contributed by atoms with Gasteiger partial charge in [-0.1, -0.05) is 15.9 Å². The Balaban J connectivity index is 2.13. The van der Waals surface area contributed by atoms with Crippen LogP contribution in [-0.2, 0) is 11.3 Å². The number of hydrogen-bond donors (Lipinski definition) is 1. The highest BCUT2D eigenvalue weighted by Crippen LogP contribution is 2.20. The van der Waals surface area contributed by atoms with Crippen LogP contribution in [0.4, 0.5) is 10.1 Å². The van der Waals surface area contributed by atoms with E-state index in [9.17, 15) is 9.18 Å². The van der Waals surface area contributed by atoms with Crippen LogP contribution in [0.15, 0.2) is 40.9 Å². The smallest absolute Gasteiger partial charge is 0.337 e. The molecule has 2 aromatic carbocycles. The highest BCUT2D eigenvalue weighted by Gasteiger charge is 2.08. The summed E-state index contributed by atoms with van der Waals surface area (Å²) in [6.07, 6.45) is 0. The van der Waals surface area contributed by atoms with E-state index in [1.54, 1.807) is 30.3 Å². The van der Waals surface area contributed by atoms with Crippen LogP contribution in [0, 0.1) is 12.7 Å². The fourth-order valence-corrected chi connectivity index (χ4v) is 2.38. The Kier molecular flexibility index (Phi) is 4.96. The minimum absolute atomic E-state index is 0.255. The van der Waals surface area contributed by atoms with Gasteiger partial charge in [-0.2, -0.15) is 0 Å². The third kappa shape index (κ3) is 3.82. The minimum Gasteiger partial charge on any atom is -0.465 e. The number of nitrogens with one attached hydrogen (secondary N) is 1. The van der Waals surface area contributed by atoms with Crippen molar-refractivity contribution in [2.45, 2.75) is 13.5 Å². The first-order chi connectivity index (χ1) is 10.0. The monoisotopic (exact) mass is 351 g/mol. The van der Waals surface area contributed by atoms with Gasteiger partial charge in [-0.05, 0) is 48.9 Å². The molecule has 0 aliphatic carbocycles. The average molecular weight is 352 g/mol. The van der Waals surface area contributed by atoms with Crippen LogP contribution in [0.5, 0.6) is 0 Å². The van der Waals surface area contributed by atoms with Crippen LogP contribution in [0.25, 0.3) is 0 Å². The van der Waals surface area contributed by atoms with Crippen molar-refractivity contribution in [2.75, 3.05) is 12.4 Å². The van der Waals surface area contributed by atoms with Gasteiger partial charge >= 0.3 is 5.97 Å². The summed E-state index contributed by atoms with van der Waals surface area (Å²) in [5.74, 6) is -0.628. The van der Waals surface area contributed by atoms with Crippen molar-refractivity contribution in [3.63, 3.8) is 0 Å². The molecule has 0 aromatic heterocycles. The van der Waals surface area contributed by atoms with Gasteiger partial charge in [0.05, 0.1) is 12.7 Å². The lowest BCUT2D eigenvalue weighted by molar-refractivity contribution is 0.0600. The Morgan fingerprint density at radius 3 is 2.71 bits per heavy atom. The molecule has 0 radical (unpaired) electrons. The van der Waals surface area contributed by atoms with E-state index in [2.05, 4.69) is 26.0 Å². The summed E-state index contributed by atoms with van der Waals surface area (Å²) < 4.78 is 19.2. The lowest BCUT2D eigenvalue weighted by Crippen LogP contribution is -2.05. The molecule has 0 amide bonds. The van der Waals surface area contributed by atoms with Crippen molar-refractivity contribution < 1.29 is 13.9 Å². The Bertz CT molecular complexity index is 673. The molecule has 0 aliphatic rings. The summed E-state index contributed by atoms with van der Waals surface area (Å²) in [5, 5.41) is 3.17. The lowest BCUT2D eigenvalue weighted by atomic mass is 10.1. The molecule has 3 nitrogen and oxygen atoms in total. The summed E-state index contributed by atoms with van der Waals surface area (Å²) in [5.41, 5.74) is 2.81. The molecule has 110 valence electrons. The van der Waals surface area contributed by atoms with Gasteiger partial charge in [0, 0.05) is 22.3 Å². The molecule has 0 saturated heterocycles. The van der Waals surface area contributed by atoms with Gasteiger partial charge in [0.2, 0.25) is 0 Å². The van der Waals surface area contributed by atoms with Gasteiger partial charge in [-0.25, -0.2) is 9.18 Å². The standard InChI is InChI=1S/C16H15BrFNO2/c1-10-7-11(16(20)21-2)3-6-15(10)19-9-12-8-13(17)4-5-14(12)18/h3-8,19H,9H2,1-2H3. The maximum absolute atomic E-state index is 13.7. The normalized spacial score (nSPS) is 10.3. The maximum Gasteiger partial charge on any atom is 0.337 e. The number of methoxy groups -OCH3 is 1. The second-order valence-electron chi connectivity index (χ2n) is 4.61. The number of carbonyl (C=O) groups is 1. The molecule has 0 atom stereocenters. The van der Waals surface area contributed by atoms with Crippen molar-refractivity contribution in [1.82, 2.24) is 0 Å². The predicted molar refractivity (Wildman–Crippen MR) is 83.9 cm³/mol. The van der Waals surface area contributed by atoms with Crippen LogP contribution in [0.1, 0.15) is 21.5 Å². The van der Waals surface area contributed by atoms with Gasteiger partial charge in [-0.3, -0.25) is 0 Å². The molecule has 2 aromatic rings. The first-order valence-electron chi connectivity index (χ1n) is 6.38. The van der Waals surface area contributed by atoms with Gasteiger partial charge in [-0.15, -0.1) is 0 Å². The second-order valence-corrected chi connectivity index (χ2v) is 5.53. The number of ether oxygens (including phenoxy) is 1. The molecule has 0 bridgehead atoms. The van der Waals surface area contributed by atoms with E-state index >= 15 is 0 Å². The van der Waals surface area contributed by atoms with E-state index < -0.39 is 0 Å². The van der Waals surface area contributed by atoms with Crippen LogP contribution < -0.4 is 5.32 Å². The number of halogens is 2. The third-order valence-electron chi connectivity index (χ3n) is 3.12. The first kappa shape index (κ1) is 15.5. The molecule has 0 aliphatic heterocycles. The van der Waals surface area contributed by atoms with E-state index in [4.69, 9.17) is 0 Å². The van der Waals surface area contributed by atoms with Gasteiger partial charge in [0.15, 0.2) is 0 Å². The number of esters is 1. The second kappa shape index (κ2) is 6.72. The van der Waals surface area contributed by atoms with Gasteiger partial charge in [0.1, 0.15) is 5.82 Å². The number of aryl methyl sites for hydroxylation is 1. The Morgan fingerprint density at radius 1 is 1.29 bits per heavy atom. The zero-order valence-electron chi connectivity index (χ0n) is 11.7. The third-order valence-corrected chi connectivity index (χ3v) is 3.62. The molecule has 0 unspecified atom stereocenters. The fraction of sp³-hybridized carbons (Fsp3) is 0.188. The van der Waals surface area contributed by atoms with Crippen LogP contribution in [-0.4, -0.2) is 13.1 Å². The molecule has 0 fully saturated rings. The molecule has 0 saturated carbocycles. The lowest BCUT2D eigenvalue weighted by Gasteiger charge is -2.11. The molecule has 1 N–H and O–H groups in total. The molecule has 5 heteroatoms. The summed E-state index contributed by atoms with van der Waals surface area (Å²) in [7, 11) is 1.35. The van der Waals surface area contributed by atoms with Gasteiger partial charge in [0.25, 0.3) is 0 Å². The Hall–Kier alpha value is -1.88. The highest BCUT2D eigenvalue weighted by atomic mass is 79.9. The van der Waals surface area contributed by atoms with Crippen molar-refractivity contribution in [2.24, 2.45) is 0 Å². The number of benzene rings is 2. The fourth-order valence-electron chi connectivity index (χ4n) is 1.98. The highest BCUT2D eigenvalue weighted by molar-refractivity contribution is 9.10. The molecule has 0 spiro atoms. The summed E-state index contributed by atoms with van der Waals surface area (Å²) >= 11 is 3.32. The van der Waals surface area contributed by atoms with Crippen molar-refractivity contribution in [3.8, 4) is 0 Å². The molecule has 0 heterocycles. The number of carbonyl (C=O) groups excluding carboxylic acids is 1. The molecule has 2 rings (SSSR count). The summed E-state index contributed by atoms with van der Waals surface area (Å²) in [6.45, 7) is 2.25. The van der Waals surface area contributed by atoms with Gasteiger partial charge < -0.3 is 10.1 Å². The summed E-state index contributed by atoms with van der Waals surface area (Å²) in [6, 6.07) is 10.0. The van der Waals surface area contributed by atoms with Crippen molar-refractivity contribution in [3.05, 3.63) is 63.4 Å². The molecular weight excluding hydrogens is 337 g/mol. The van der Waals surface area contributed by atoms with E-state index in [1.165, 1.54) is 13.2 Å². The van der Waals surface area contributed by atoms with E-state index in [0.717, 1.165) is 15.7 Å². The Morgan fingerprint density at radius 2 is 2.05 bits per heavy atom. The number of rotatable bonds is 4. The van der Waals surface area contributed by atoms with Crippen molar-refractivity contribution >= 4 is 27.6 Å². The molecular formula is C16H15BrFNO2. The van der Waals surface area contributed by atoms with E-state index in [0.29, 0.717) is 17.7 Å². The zero-order chi connectivity index (χ0) is 15.4. The zero-order valence-corrected chi connectivity index (χ0v) is 13.3. The maximum atomic E-state index is 13.7. The number of hydrogen-bond acceptors (Lipinski definition) is 3. The van der Waals surface area contributed by atoms with E-state index in [1.807, 2.05) is 6.92 Å². The van der Waals surface area contributed by atoms with Crippen LogP contribution >= 0.6 is 15.9 Å². The summed E-state index contributed by atoms with van der Waals surface area (Å²) in [4.78, 5) is 11.4. The molecule has 21 heavy (non-hydrogen) atoms. The Labute approximate surface area is 131 Å². The van der Waals surface area contributed by atoms with E-state index in [-0.39, 0.29) is 11.8 Å². The van der Waals surface area contributed by atoms with Crippen LogP contribution in [0.3, 0.4) is 0 Å². The van der Waals surface area contributed by atoms with Crippen LogP contribution in [0.2, 0.25) is 0 Å². The SMILES string of the molecule is COC(=O)c1ccc(NCc2cc(Br)ccc2F)c(C)c1. The quantitative estimate of drug-likeness (QED) is 0.834. The predicted octanol–water partition coefficient (Wildman–Crippen LogP) is 4.30. The largest absolute Gasteiger partial charge is 0.465 e. The minimum atomic E-state index is -0.373.